The number of carbonyl (C=O) groups is 1. The van der Waals surface area contributed by atoms with Crippen LogP contribution in [0.3, 0.4) is 0 Å². The number of nitrogens with zero attached hydrogens (tertiary/aromatic N) is 1. The Morgan fingerprint density at radius 1 is 1.47 bits per heavy atom. The molecule has 0 atom stereocenters. The largest absolute Gasteiger partial charge is 0.493 e. The molecule has 0 aromatic rings. The third kappa shape index (κ3) is 3.18. The van der Waals surface area contributed by atoms with Crippen LogP contribution in [0.4, 0.5) is 0 Å². The van der Waals surface area contributed by atoms with Crippen molar-refractivity contribution in [1.82, 2.24) is 5.06 Å². The van der Waals surface area contributed by atoms with E-state index < -0.39 is 5.54 Å². The zero-order valence-electron chi connectivity index (χ0n) is 10.2. The molecule has 0 bridgehead atoms. The Morgan fingerprint density at radius 3 is 2.65 bits per heavy atom. The summed E-state index contributed by atoms with van der Waals surface area (Å²) >= 11 is 0. The van der Waals surface area contributed by atoms with Crippen LogP contribution >= 0.6 is 0 Å². The molecule has 1 aliphatic rings. The zero-order valence-corrected chi connectivity index (χ0v) is 10.2. The van der Waals surface area contributed by atoms with Crippen LogP contribution in [0.5, 0.6) is 0 Å². The Kier molecular flexibility index (Phi) is 4.09. The Balaban J connectivity index is 2.91. The van der Waals surface area contributed by atoms with Gasteiger partial charge in [0.25, 0.3) is 0 Å². The minimum absolute atomic E-state index is 0.198. The van der Waals surface area contributed by atoms with Crippen molar-refractivity contribution in [2.45, 2.75) is 19.4 Å². The topological polar surface area (TPSA) is 70.0 Å². The van der Waals surface area contributed by atoms with Crippen LogP contribution in [0.2, 0.25) is 0 Å². The van der Waals surface area contributed by atoms with Gasteiger partial charge in [-0.3, -0.25) is 15.1 Å². The number of ether oxygens (including phenoxy) is 1. The third-order valence-corrected chi connectivity index (χ3v) is 2.47. The van der Waals surface area contributed by atoms with Crippen molar-refractivity contribution in [3.63, 3.8) is 0 Å². The fourth-order valence-electron chi connectivity index (χ4n) is 1.15. The molecule has 0 aromatic heterocycles. The maximum atomic E-state index is 11.3. The summed E-state index contributed by atoms with van der Waals surface area (Å²) in [6.07, 6.45) is 5.89. The number of ketones is 1. The number of rotatable bonds is 4. The van der Waals surface area contributed by atoms with Crippen molar-refractivity contribution in [2.75, 3.05) is 13.7 Å². The lowest BCUT2D eigenvalue weighted by Crippen LogP contribution is -2.41. The highest BCUT2D eigenvalue weighted by Crippen LogP contribution is 2.17. The second-order valence-corrected chi connectivity index (χ2v) is 4.35. The van der Waals surface area contributed by atoms with Crippen LogP contribution in [0.25, 0.3) is 0 Å². The summed E-state index contributed by atoms with van der Waals surface area (Å²) in [6.45, 7) is 3.17. The lowest BCUT2D eigenvalue weighted by atomic mass is 10.1. The maximum Gasteiger partial charge on any atom is 0.220 e. The monoisotopic (exact) mass is 239 g/mol. The Labute approximate surface area is 100 Å². The lowest BCUT2D eigenvalue weighted by Gasteiger charge is -2.30. The molecule has 1 aliphatic carbocycles. The lowest BCUT2D eigenvalue weighted by molar-refractivity contribution is -0.132. The van der Waals surface area contributed by atoms with Crippen molar-refractivity contribution in [1.29, 1.82) is 0 Å². The Hall–Kier alpha value is -1.59. The van der Waals surface area contributed by atoms with E-state index in [9.17, 15) is 10.0 Å². The highest BCUT2D eigenvalue weighted by molar-refractivity contribution is 6.04. The molecule has 5 nitrogen and oxygen atoms in total. The molecular weight excluding hydrogens is 222 g/mol. The summed E-state index contributed by atoms with van der Waals surface area (Å²) in [4.78, 5) is 11.3. The Morgan fingerprint density at radius 2 is 2.12 bits per heavy atom. The molecular formula is C12H17NO4. The van der Waals surface area contributed by atoms with Gasteiger partial charge in [-0.25, -0.2) is 0 Å². The quantitative estimate of drug-likeness (QED) is 0.716. The highest BCUT2D eigenvalue weighted by Gasteiger charge is 2.23. The van der Waals surface area contributed by atoms with E-state index in [1.54, 1.807) is 19.9 Å². The van der Waals surface area contributed by atoms with Crippen LogP contribution in [0.1, 0.15) is 13.8 Å². The number of methoxy groups -OCH3 is 1. The van der Waals surface area contributed by atoms with Gasteiger partial charge >= 0.3 is 0 Å². The van der Waals surface area contributed by atoms with Gasteiger partial charge in [0.15, 0.2) is 5.76 Å². The molecule has 0 spiro atoms. The van der Waals surface area contributed by atoms with Gasteiger partial charge in [-0.2, -0.15) is 0 Å². The molecule has 17 heavy (non-hydrogen) atoms. The molecule has 0 unspecified atom stereocenters. The molecule has 0 saturated carbocycles. The molecule has 0 radical (unpaired) electrons. The second-order valence-electron chi connectivity index (χ2n) is 4.35. The first-order chi connectivity index (χ1) is 7.90. The van der Waals surface area contributed by atoms with Gasteiger partial charge in [-0.1, -0.05) is 0 Å². The predicted octanol–water partition coefficient (Wildman–Crippen LogP) is 1.00. The Bertz CT molecular complexity index is 393. The molecule has 94 valence electrons. The van der Waals surface area contributed by atoms with E-state index in [0.717, 1.165) is 5.06 Å². The normalized spacial score (nSPS) is 18.3. The molecule has 1 rings (SSSR count). The molecule has 0 aliphatic heterocycles. The number of hydrogen-bond donors (Lipinski definition) is 2. The van der Waals surface area contributed by atoms with Crippen LogP contribution in [-0.2, 0) is 9.53 Å². The first-order valence-corrected chi connectivity index (χ1v) is 5.19. The highest BCUT2D eigenvalue weighted by atomic mass is 16.5. The van der Waals surface area contributed by atoms with Crippen LogP contribution < -0.4 is 0 Å². The summed E-state index contributed by atoms with van der Waals surface area (Å²) < 4.78 is 4.90. The standard InChI is InChI=1S/C12H17NO4/c1-12(2,8-14)13(16)7-9-4-5-10(15)11(6-9)17-3/h4-7,14,16H,8H2,1-3H3. The van der Waals surface area contributed by atoms with Gasteiger partial charge in [0, 0.05) is 6.20 Å². The second kappa shape index (κ2) is 5.16. The molecule has 0 fully saturated rings. The van der Waals surface area contributed by atoms with E-state index in [-0.39, 0.29) is 18.1 Å². The van der Waals surface area contributed by atoms with Gasteiger partial charge in [0.05, 0.1) is 19.3 Å². The molecule has 0 amide bonds. The number of hydrogen-bond acceptors (Lipinski definition) is 5. The van der Waals surface area contributed by atoms with Crippen molar-refractivity contribution >= 4 is 5.78 Å². The summed E-state index contributed by atoms with van der Waals surface area (Å²) in [5, 5.41) is 19.8. The molecule has 5 heteroatoms. The van der Waals surface area contributed by atoms with Crippen molar-refractivity contribution < 1.29 is 19.8 Å². The minimum atomic E-state index is -0.788. The van der Waals surface area contributed by atoms with Gasteiger partial charge in [0.2, 0.25) is 5.78 Å². The predicted molar refractivity (Wildman–Crippen MR) is 62.1 cm³/mol. The minimum Gasteiger partial charge on any atom is -0.493 e. The maximum absolute atomic E-state index is 11.3. The van der Waals surface area contributed by atoms with Gasteiger partial charge < -0.3 is 9.84 Å². The van der Waals surface area contributed by atoms with Crippen molar-refractivity contribution in [2.24, 2.45) is 0 Å². The fourth-order valence-corrected chi connectivity index (χ4v) is 1.15. The number of aliphatic hydroxyl groups is 1. The average molecular weight is 239 g/mol. The van der Waals surface area contributed by atoms with E-state index >= 15 is 0 Å². The van der Waals surface area contributed by atoms with Crippen LogP contribution in [0.15, 0.2) is 35.8 Å². The van der Waals surface area contributed by atoms with E-state index in [4.69, 9.17) is 9.84 Å². The van der Waals surface area contributed by atoms with Crippen molar-refractivity contribution in [3.8, 4) is 0 Å². The number of aliphatic hydroxyl groups excluding tert-OH is 1. The first-order valence-electron chi connectivity index (χ1n) is 5.19. The van der Waals surface area contributed by atoms with E-state index in [1.165, 1.54) is 25.5 Å². The van der Waals surface area contributed by atoms with Crippen LogP contribution in [-0.4, -0.2) is 40.4 Å². The van der Waals surface area contributed by atoms with Gasteiger partial charge in [0.1, 0.15) is 0 Å². The van der Waals surface area contributed by atoms with E-state index in [1.807, 2.05) is 0 Å². The molecule has 0 aromatic carbocycles. The first kappa shape index (κ1) is 13.5. The molecule has 2 N–H and O–H groups in total. The third-order valence-electron chi connectivity index (χ3n) is 2.47. The smallest absolute Gasteiger partial charge is 0.220 e. The summed E-state index contributed by atoms with van der Waals surface area (Å²) in [6, 6.07) is 0. The number of allylic oxidation sites excluding steroid dienone is 4. The average Bonchev–Trinajstić information content (AvgIpc) is 2.31. The van der Waals surface area contributed by atoms with E-state index in [2.05, 4.69) is 0 Å². The summed E-state index contributed by atoms with van der Waals surface area (Å²) in [5.41, 5.74) is -0.172. The van der Waals surface area contributed by atoms with Gasteiger partial charge in [-0.05, 0) is 37.6 Å². The zero-order chi connectivity index (χ0) is 13.1. The van der Waals surface area contributed by atoms with Gasteiger partial charge in [-0.15, -0.1) is 0 Å². The van der Waals surface area contributed by atoms with Crippen molar-refractivity contribution in [3.05, 3.63) is 35.8 Å². The molecule has 0 saturated heterocycles. The summed E-state index contributed by atoms with van der Waals surface area (Å²) in [5.74, 6) is 0.00418. The SMILES string of the molecule is COC1=CC(=CN(O)C(C)(C)CO)C=CC1=O. The summed E-state index contributed by atoms with van der Waals surface area (Å²) in [7, 11) is 1.41. The number of hydroxylamine groups is 2. The fraction of sp³-hybridized carbons (Fsp3) is 0.417. The van der Waals surface area contributed by atoms with Crippen LogP contribution in [0, 0.1) is 0 Å². The van der Waals surface area contributed by atoms with E-state index in [0.29, 0.717) is 5.57 Å². The molecule has 0 heterocycles. The number of carbonyl (C=O) groups excluding carboxylic acids is 1.